The predicted molar refractivity (Wildman–Crippen MR) is 150 cm³/mol. The third kappa shape index (κ3) is 3.07. The smallest absolute Gasteiger partial charge is 0.0880 e. The molecule has 6 aliphatic rings. The van der Waals surface area contributed by atoms with Gasteiger partial charge in [0, 0.05) is 18.5 Å². The van der Waals surface area contributed by atoms with Crippen molar-refractivity contribution in [3.63, 3.8) is 0 Å². The van der Waals surface area contributed by atoms with Crippen molar-refractivity contribution in [1.29, 1.82) is 0 Å². The summed E-state index contributed by atoms with van der Waals surface area (Å²) in [6.45, 7) is 13.8. The summed E-state index contributed by atoms with van der Waals surface area (Å²) in [6, 6.07) is 10.6. The summed E-state index contributed by atoms with van der Waals surface area (Å²) in [7, 11) is 0. The van der Waals surface area contributed by atoms with Crippen LogP contribution in [-0.4, -0.2) is 41.2 Å². The molecule has 0 aromatic heterocycles. The maximum atomic E-state index is 12.3. The number of ether oxygens (including phenoxy) is 1. The molecule has 210 valence electrons. The van der Waals surface area contributed by atoms with Crippen LogP contribution in [0.2, 0.25) is 0 Å². The van der Waals surface area contributed by atoms with Crippen molar-refractivity contribution >= 4 is 0 Å². The molecule has 0 radical (unpaired) electrons. The molecule has 3 N–H and O–H groups in total. The van der Waals surface area contributed by atoms with Gasteiger partial charge >= 0.3 is 0 Å². The molecule has 4 nitrogen and oxygen atoms in total. The Morgan fingerprint density at radius 1 is 0.921 bits per heavy atom. The first-order valence-corrected chi connectivity index (χ1v) is 15.8. The number of nitrogens with one attached hydrogen (secondary N) is 1. The number of rotatable bonds is 4. The molecular formula is C34H51NO3. The van der Waals surface area contributed by atoms with Gasteiger partial charge in [-0.05, 0) is 102 Å². The lowest BCUT2D eigenvalue weighted by molar-refractivity contribution is -0.182. The van der Waals surface area contributed by atoms with E-state index >= 15 is 0 Å². The fourth-order valence-electron chi connectivity index (χ4n) is 12.5. The van der Waals surface area contributed by atoms with Gasteiger partial charge in [0.1, 0.15) is 0 Å². The van der Waals surface area contributed by atoms with E-state index in [1.165, 1.54) is 44.1 Å². The minimum atomic E-state index is -0.393. The van der Waals surface area contributed by atoms with Gasteiger partial charge in [0.05, 0.1) is 24.4 Å². The van der Waals surface area contributed by atoms with E-state index in [9.17, 15) is 10.2 Å². The summed E-state index contributed by atoms with van der Waals surface area (Å²) in [4.78, 5) is 0. The van der Waals surface area contributed by atoms with Crippen LogP contribution < -0.4 is 5.32 Å². The number of aliphatic hydroxyl groups excluding tert-OH is 2. The van der Waals surface area contributed by atoms with Crippen LogP contribution in [0.25, 0.3) is 0 Å². The van der Waals surface area contributed by atoms with E-state index in [2.05, 4.69) is 70.3 Å². The average Bonchev–Trinajstić information content (AvgIpc) is 3.52. The van der Waals surface area contributed by atoms with Crippen LogP contribution in [0, 0.1) is 50.7 Å². The van der Waals surface area contributed by atoms with E-state index in [-0.39, 0.29) is 34.6 Å². The Morgan fingerprint density at radius 3 is 2.39 bits per heavy atom. The maximum absolute atomic E-state index is 12.3. The zero-order valence-corrected chi connectivity index (χ0v) is 24.4. The normalized spacial score (nSPS) is 54.2. The molecule has 6 fully saturated rings. The molecule has 38 heavy (non-hydrogen) atoms. The van der Waals surface area contributed by atoms with E-state index in [0.29, 0.717) is 34.5 Å². The molecule has 1 heterocycles. The minimum Gasteiger partial charge on any atom is -0.393 e. The molecule has 4 heteroatoms. The van der Waals surface area contributed by atoms with Gasteiger partial charge in [0.15, 0.2) is 0 Å². The third-order valence-electron chi connectivity index (χ3n) is 14.4. The maximum Gasteiger partial charge on any atom is 0.0880 e. The molecule has 12 atom stereocenters. The minimum absolute atomic E-state index is 0.00819. The lowest BCUT2D eigenvalue weighted by Gasteiger charge is -2.63. The largest absolute Gasteiger partial charge is 0.393 e. The van der Waals surface area contributed by atoms with Gasteiger partial charge in [-0.2, -0.15) is 0 Å². The highest BCUT2D eigenvalue weighted by Gasteiger charge is 2.84. The summed E-state index contributed by atoms with van der Waals surface area (Å²) in [5.41, 5.74) is 2.10. The van der Waals surface area contributed by atoms with Crippen LogP contribution in [-0.2, 0) is 11.3 Å². The van der Waals surface area contributed by atoms with Crippen molar-refractivity contribution in [2.75, 3.05) is 6.54 Å². The number of hydrogen-bond acceptors (Lipinski definition) is 4. The van der Waals surface area contributed by atoms with Gasteiger partial charge in [-0.3, -0.25) is 0 Å². The lowest BCUT2D eigenvalue weighted by Crippen LogP contribution is -2.59. The van der Waals surface area contributed by atoms with Crippen molar-refractivity contribution in [1.82, 2.24) is 5.32 Å². The lowest BCUT2D eigenvalue weighted by atomic mass is 9.41. The highest BCUT2D eigenvalue weighted by molar-refractivity contribution is 5.32. The second kappa shape index (κ2) is 8.30. The second-order valence-corrected chi connectivity index (χ2v) is 15.8. The van der Waals surface area contributed by atoms with Gasteiger partial charge in [-0.15, -0.1) is 0 Å². The fraction of sp³-hybridized carbons (Fsp3) is 0.824. The quantitative estimate of drug-likeness (QED) is 0.458. The molecule has 1 aromatic rings. The van der Waals surface area contributed by atoms with Gasteiger partial charge < -0.3 is 20.3 Å². The zero-order chi connectivity index (χ0) is 26.7. The highest BCUT2D eigenvalue weighted by atomic mass is 16.5. The highest BCUT2D eigenvalue weighted by Crippen LogP contribution is 2.89. The van der Waals surface area contributed by atoms with E-state index in [1.807, 2.05) is 0 Å². The summed E-state index contributed by atoms with van der Waals surface area (Å²) in [6.07, 6.45) is 9.07. The first kappa shape index (κ1) is 26.0. The van der Waals surface area contributed by atoms with Gasteiger partial charge in [0.25, 0.3) is 0 Å². The fourth-order valence-corrected chi connectivity index (χ4v) is 12.5. The Bertz CT molecular complexity index is 1070. The van der Waals surface area contributed by atoms with Crippen molar-refractivity contribution in [2.24, 2.45) is 50.7 Å². The van der Waals surface area contributed by atoms with Crippen molar-refractivity contribution in [3.8, 4) is 0 Å². The Morgan fingerprint density at radius 2 is 1.63 bits per heavy atom. The van der Waals surface area contributed by atoms with Crippen molar-refractivity contribution in [3.05, 3.63) is 35.9 Å². The zero-order valence-electron chi connectivity index (χ0n) is 24.4. The van der Waals surface area contributed by atoms with E-state index in [4.69, 9.17) is 4.74 Å². The second-order valence-electron chi connectivity index (χ2n) is 15.8. The molecule has 0 bridgehead atoms. The first-order chi connectivity index (χ1) is 18.0. The van der Waals surface area contributed by atoms with Gasteiger partial charge in [0.2, 0.25) is 0 Å². The Kier molecular flexibility index (Phi) is 5.68. The average molecular weight is 522 g/mol. The van der Waals surface area contributed by atoms with Crippen LogP contribution in [0.1, 0.15) is 91.5 Å². The summed E-state index contributed by atoms with van der Waals surface area (Å²) in [5, 5.41) is 26.9. The molecule has 1 aliphatic heterocycles. The van der Waals surface area contributed by atoms with Crippen LogP contribution in [0.15, 0.2) is 30.3 Å². The van der Waals surface area contributed by atoms with Crippen molar-refractivity contribution < 1.29 is 14.9 Å². The van der Waals surface area contributed by atoms with Gasteiger partial charge in [-0.1, -0.05) is 65.0 Å². The van der Waals surface area contributed by atoms with Crippen molar-refractivity contribution in [2.45, 2.75) is 117 Å². The number of hydrogen-bond donors (Lipinski definition) is 3. The van der Waals surface area contributed by atoms with Crippen LogP contribution in [0.3, 0.4) is 0 Å². The topological polar surface area (TPSA) is 61.7 Å². The molecular weight excluding hydrogens is 470 g/mol. The summed E-state index contributed by atoms with van der Waals surface area (Å²) < 4.78 is 6.89. The molecule has 1 aromatic carbocycles. The van der Waals surface area contributed by atoms with Crippen LogP contribution in [0.4, 0.5) is 0 Å². The molecule has 5 aliphatic carbocycles. The predicted octanol–water partition coefficient (Wildman–Crippen LogP) is 5.95. The third-order valence-corrected chi connectivity index (χ3v) is 14.4. The standard InChI is InChI=1S/C34H51NO3/c1-21-17-23(19-35-18-22-9-7-6-8-10-22)38-28-27(21)31(4)15-16-34-20-33(34)14-13-26(36)30(2,3)24(33)11-12-25(34)32(31,5)29(28)37/h6-10,21,23-29,35-37H,11-20H2,1-5H3/t21-,23?,24+,25?,26+,27+,28?,29+,31-,32-,33-,34+/m1/s1. The Hall–Kier alpha value is -0.940. The molecule has 0 amide bonds. The molecule has 3 unspecified atom stereocenters. The summed E-state index contributed by atoms with van der Waals surface area (Å²) >= 11 is 0. The first-order valence-electron chi connectivity index (χ1n) is 15.8. The van der Waals surface area contributed by atoms with E-state index < -0.39 is 6.10 Å². The number of benzene rings is 1. The monoisotopic (exact) mass is 521 g/mol. The van der Waals surface area contributed by atoms with E-state index in [1.54, 1.807) is 0 Å². The molecule has 1 saturated heterocycles. The Balaban J connectivity index is 1.14. The molecule has 7 rings (SSSR count). The molecule has 5 saturated carbocycles. The van der Waals surface area contributed by atoms with Gasteiger partial charge in [-0.25, -0.2) is 0 Å². The van der Waals surface area contributed by atoms with E-state index in [0.717, 1.165) is 25.9 Å². The van der Waals surface area contributed by atoms with Crippen LogP contribution >= 0.6 is 0 Å². The number of fused-ring (bicyclic) bond motifs is 4. The number of aliphatic hydroxyl groups is 2. The molecule has 2 spiro atoms. The Labute approximate surface area is 230 Å². The summed E-state index contributed by atoms with van der Waals surface area (Å²) in [5.74, 6) is 2.18. The SMILES string of the molecule is C[C@@H]1CC(CNCc2ccccc2)OC2[C@H]1[C@@]1(C)CC[C@@]34C[C@@]35CC[C@H](O)C(C)(C)[C@@H]5CCC4[C@]1(C)[C@H]2O. The van der Waals surface area contributed by atoms with Crippen LogP contribution in [0.5, 0.6) is 0 Å².